The van der Waals surface area contributed by atoms with Crippen molar-refractivity contribution in [3.05, 3.63) is 12.7 Å². The molecule has 0 aromatic heterocycles. The van der Waals surface area contributed by atoms with Gasteiger partial charge in [-0.2, -0.15) is 13.2 Å². The number of carbonyl (C=O) groups excluding carboxylic acids is 4. The molecule has 3 aliphatic rings. The summed E-state index contributed by atoms with van der Waals surface area (Å²) in [5.74, 6) is -4.48. The molecule has 2 aliphatic carbocycles. The number of carbonyl (C=O) groups is 4. The zero-order valence-corrected chi connectivity index (χ0v) is 19.2. The van der Waals surface area contributed by atoms with Crippen LogP contribution >= 0.6 is 0 Å². The first-order chi connectivity index (χ1) is 15.2. The lowest BCUT2D eigenvalue weighted by atomic mass is 9.98. The van der Waals surface area contributed by atoms with E-state index in [4.69, 9.17) is 0 Å². The Morgan fingerprint density at radius 2 is 1.70 bits per heavy atom. The Morgan fingerprint density at radius 1 is 1.09 bits per heavy atom. The first-order valence-electron chi connectivity index (χ1n) is 11.1. The normalized spacial score (nSPS) is 27.3. The number of likely N-dealkylation sites (tertiary alicyclic amines) is 1. The molecule has 1 saturated heterocycles. The van der Waals surface area contributed by atoms with Crippen LogP contribution in [0.5, 0.6) is 0 Å². The fourth-order valence-corrected chi connectivity index (χ4v) is 4.85. The van der Waals surface area contributed by atoms with E-state index in [0.717, 1.165) is 6.08 Å². The lowest BCUT2D eigenvalue weighted by molar-refractivity contribution is -0.175. The Kier molecular flexibility index (Phi) is 6.56. The van der Waals surface area contributed by atoms with Crippen molar-refractivity contribution in [3.8, 4) is 0 Å². The Morgan fingerprint density at radius 3 is 2.18 bits per heavy atom. The number of amides is 4. The summed E-state index contributed by atoms with van der Waals surface area (Å²) in [5, 5.41) is 7.25. The van der Waals surface area contributed by atoms with E-state index in [0.29, 0.717) is 12.8 Å². The van der Waals surface area contributed by atoms with Crippen molar-refractivity contribution in [2.45, 2.75) is 65.0 Å². The average Bonchev–Trinajstić information content (AvgIpc) is 3.58. The van der Waals surface area contributed by atoms with Gasteiger partial charge in [0.05, 0.1) is 0 Å². The summed E-state index contributed by atoms with van der Waals surface area (Å²) < 4.78 is 38.5. The van der Waals surface area contributed by atoms with Crippen LogP contribution in [0.25, 0.3) is 0 Å². The monoisotopic (exact) mass is 472 g/mol. The molecule has 0 aromatic carbocycles. The van der Waals surface area contributed by atoms with Crippen molar-refractivity contribution in [2.24, 2.45) is 29.1 Å². The second kappa shape index (κ2) is 8.64. The number of hydrogen-bond donors (Lipinski definition) is 3. The fraction of sp³-hybridized carbons (Fsp3) is 0.727. The SMILES string of the molecule is C=CC(=O)N[C@@H](NC(=O)[C@@H]1[C@@H]2[C@H](CN1C(=O)[C@@H](NC(=O)C(F)(F)F)C1CC1)C2(C)C)C(C)C. The van der Waals surface area contributed by atoms with Gasteiger partial charge in [0.25, 0.3) is 0 Å². The topological polar surface area (TPSA) is 108 Å². The van der Waals surface area contributed by atoms with Gasteiger partial charge in [0.1, 0.15) is 18.2 Å². The van der Waals surface area contributed by atoms with Crippen LogP contribution in [0.4, 0.5) is 13.2 Å². The molecule has 0 spiro atoms. The Bertz CT molecular complexity index is 853. The number of rotatable bonds is 8. The lowest BCUT2D eigenvalue weighted by Crippen LogP contribution is -2.60. The quantitative estimate of drug-likeness (QED) is 0.366. The van der Waals surface area contributed by atoms with Crippen molar-refractivity contribution in [1.82, 2.24) is 20.9 Å². The zero-order chi connectivity index (χ0) is 24.9. The molecule has 2 saturated carbocycles. The number of nitrogens with one attached hydrogen (secondary N) is 3. The van der Waals surface area contributed by atoms with Gasteiger partial charge >= 0.3 is 12.1 Å². The second-order valence-corrected chi connectivity index (χ2v) is 10.1. The molecule has 1 heterocycles. The Hall–Kier alpha value is -2.59. The van der Waals surface area contributed by atoms with E-state index in [1.807, 2.05) is 19.2 Å². The first-order valence-corrected chi connectivity index (χ1v) is 11.1. The number of nitrogens with zero attached hydrogens (tertiary/aromatic N) is 1. The summed E-state index contributed by atoms with van der Waals surface area (Å²) >= 11 is 0. The third-order valence-corrected chi connectivity index (χ3v) is 7.11. The molecule has 3 fully saturated rings. The summed E-state index contributed by atoms with van der Waals surface area (Å²) in [4.78, 5) is 51.2. The van der Waals surface area contributed by atoms with Gasteiger partial charge in [0.15, 0.2) is 0 Å². The average molecular weight is 473 g/mol. The maximum Gasteiger partial charge on any atom is 0.471 e. The van der Waals surface area contributed by atoms with E-state index in [2.05, 4.69) is 17.2 Å². The zero-order valence-electron chi connectivity index (χ0n) is 19.2. The van der Waals surface area contributed by atoms with Gasteiger partial charge in [-0.15, -0.1) is 0 Å². The molecule has 11 heteroatoms. The molecule has 8 nitrogen and oxygen atoms in total. The highest BCUT2D eigenvalue weighted by atomic mass is 19.4. The van der Waals surface area contributed by atoms with Crippen LogP contribution in [0.1, 0.15) is 40.5 Å². The number of hydrogen-bond acceptors (Lipinski definition) is 4. The van der Waals surface area contributed by atoms with Gasteiger partial charge < -0.3 is 20.9 Å². The van der Waals surface area contributed by atoms with Crippen molar-refractivity contribution >= 4 is 23.6 Å². The molecule has 0 unspecified atom stereocenters. The van der Waals surface area contributed by atoms with Gasteiger partial charge in [-0.1, -0.05) is 34.3 Å². The predicted molar refractivity (Wildman–Crippen MR) is 112 cm³/mol. The smallest absolute Gasteiger partial charge is 0.336 e. The van der Waals surface area contributed by atoms with Crippen LogP contribution in [0, 0.1) is 29.1 Å². The Labute approximate surface area is 190 Å². The van der Waals surface area contributed by atoms with E-state index in [1.54, 1.807) is 13.8 Å². The highest BCUT2D eigenvalue weighted by Crippen LogP contribution is 2.65. The van der Waals surface area contributed by atoms with Crippen molar-refractivity contribution in [3.63, 3.8) is 0 Å². The van der Waals surface area contributed by atoms with Crippen LogP contribution in [-0.4, -0.2) is 59.5 Å². The van der Waals surface area contributed by atoms with E-state index < -0.39 is 48.1 Å². The third-order valence-electron chi connectivity index (χ3n) is 7.11. The maximum atomic E-state index is 13.3. The van der Waals surface area contributed by atoms with Gasteiger partial charge in [0.2, 0.25) is 17.7 Å². The molecule has 5 atom stereocenters. The molecular weight excluding hydrogens is 441 g/mol. The van der Waals surface area contributed by atoms with E-state index in [-0.39, 0.29) is 35.6 Å². The lowest BCUT2D eigenvalue weighted by Gasteiger charge is -2.34. The van der Waals surface area contributed by atoms with Crippen molar-refractivity contribution in [2.75, 3.05) is 6.54 Å². The molecule has 4 amide bonds. The summed E-state index contributed by atoms with van der Waals surface area (Å²) in [6.45, 7) is 11.2. The molecule has 184 valence electrons. The van der Waals surface area contributed by atoms with Crippen LogP contribution < -0.4 is 16.0 Å². The highest BCUT2D eigenvalue weighted by Gasteiger charge is 2.70. The van der Waals surface area contributed by atoms with Crippen LogP contribution in [0.2, 0.25) is 0 Å². The third kappa shape index (κ3) is 5.01. The molecule has 0 aromatic rings. The molecule has 33 heavy (non-hydrogen) atoms. The summed E-state index contributed by atoms with van der Waals surface area (Å²) in [6.07, 6.45) is -3.68. The van der Waals surface area contributed by atoms with Crippen LogP contribution in [0.15, 0.2) is 12.7 Å². The predicted octanol–water partition coefficient (Wildman–Crippen LogP) is 1.33. The minimum atomic E-state index is -5.10. The molecule has 1 aliphatic heterocycles. The molecule has 0 radical (unpaired) electrons. The van der Waals surface area contributed by atoms with Gasteiger partial charge in [0, 0.05) is 6.54 Å². The minimum absolute atomic E-state index is 0.0237. The van der Waals surface area contributed by atoms with Crippen molar-refractivity contribution < 1.29 is 32.3 Å². The summed E-state index contributed by atoms with van der Waals surface area (Å²) in [5.41, 5.74) is -0.208. The largest absolute Gasteiger partial charge is 0.471 e. The summed E-state index contributed by atoms with van der Waals surface area (Å²) in [6, 6.07) is -2.22. The standard InChI is InChI=1S/C22H31F3N4O4/c1-6-13(30)26-17(10(2)3)28-18(31)16-14-12(21(14,4)5)9-29(16)19(32)15(11-7-8-11)27-20(33)22(23,24)25/h6,10-12,14-17H,1,7-9H2,2-5H3,(H,26,30)(H,27,33)(H,28,31)/t12-,14-,15-,16-,17-/m0/s1. The number of halogens is 3. The van der Waals surface area contributed by atoms with Gasteiger partial charge in [-0.3, -0.25) is 19.2 Å². The van der Waals surface area contributed by atoms with Gasteiger partial charge in [-0.25, -0.2) is 0 Å². The Balaban J connectivity index is 1.80. The highest BCUT2D eigenvalue weighted by molar-refractivity contribution is 5.95. The number of alkyl halides is 3. The van der Waals surface area contributed by atoms with Gasteiger partial charge in [-0.05, 0) is 48.0 Å². The molecule has 0 bridgehead atoms. The minimum Gasteiger partial charge on any atom is -0.336 e. The van der Waals surface area contributed by atoms with E-state index in [1.165, 1.54) is 4.90 Å². The maximum absolute atomic E-state index is 13.3. The summed E-state index contributed by atoms with van der Waals surface area (Å²) in [7, 11) is 0. The second-order valence-electron chi connectivity index (χ2n) is 10.1. The number of piperidine rings is 1. The molecule has 3 N–H and O–H groups in total. The van der Waals surface area contributed by atoms with E-state index >= 15 is 0 Å². The van der Waals surface area contributed by atoms with E-state index in [9.17, 15) is 32.3 Å². The molecule has 3 rings (SSSR count). The van der Waals surface area contributed by atoms with Crippen molar-refractivity contribution in [1.29, 1.82) is 0 Å². The van der Waals surface area contributed by atoms with Crippen LogP contribution in [0.3, 0.4) is 0 Å². The van der Waals surface area contributed by atoms with Crippen LogP contribution in [-0.2, 0) is 19.2 Å². The number of fused-ring (bicyclic) bond motifs is 1. The fourth-order valence-electron chi connectivity index (χ4n) is 4.85. The first kappa shape index (κ1) is 25.0. The molecular formula is C22H31F3N4O4.